The van der Waals surface area contributed by atoms with Crippen molar-refractivity contribution in [1.82, 2.24) is 9.55 Å². The number of rotatable bonds is 4. The molecule has 0 aliphatic carbocycles. The normalized spacial score (nSPS) is 10.9. The van der Waals surface area contributed by atoms with E-state index in [0.29, 0.717) is 0 Å². The van der Waals surface area contributed by atoms with Gasteiger partial charge in [0.15, 0.2) is 0 Å². The highest BCUT2D eigenvalue weighted by atomic mass is 16.1. The molecule has 0 atom stereocenters. The van der Waals surface area contributed by atoms with E-state index >= 15 is 0 Å². The zero-order valence-corrected chi connectivity index (χ0v) is 10.4. The highest BCUT2D eigenvalue weighted by Crippen LogP contribution is 2.16. The Morgan fingerprint density at radius 2 is 2.00 bits per heavy atom. The van der Waals surface area contributed by atoms with Gasteiger partial charge in [-0.15, -0.1) is 0 Å². The van der Waals surface area contributed by atoms with Crippen molar-refractivity contribution in [3.8, 4) is 0 Å². The molecular formula is C14H18N2O. The van der Waals surface area contributed by atoms with Gasteiger partial charge in [0.25, 0.3) is 0 Å². The molecule has 2 rings (SSSR count). The van der Waals surface area contributed by atoms with Crippen LogP contribution in [0.25, 0.3) is 10.9 Å². The fourth-order valence-corrected chi connectivity index (χ4v) is 2.10. The van der Waals surface area contributed by atoms with E-state index in [9.17, 15) is 4.79 Å². The summed E-state index contributed by atoms with van der Waals surface area (Å²) in [7, 11) is 1.77. The summed E-state index contributed by atoms with van der Waals surface area (Å²) >= 11 is 0. The van der Waals surface area contributed by atoms with Crippen molar-refractivity contribution in [1.29, 1.82) is 0 Å². The number of aryl methyl sites for hydroxylation is 2. The predicted molar refractivity (Wildman–Crippen MR) is 70.2 cm³/mol. The molecule has 0 aliphatic heterocycles. The van der Waals surface area contributed by atoms with Crippen LogP contribution in [0, 0.1) is 0 Å². The van der Waals surface area contributed by atoms with Gasteiger partial charge in [-0.3, -0.25) is 4.57 Å². The minimum atomic E-state index is -0.157. The molecule has 3 nitrogen and oxygen atoms in total. The molecule has 0 spiro atoms. The van der Waals surface area contributed by atoms with Crippen LogP contribution in [0.3, 0.4) is 0 Å². The van der Waals surface area contributed by atoms with E-state index in [2.05, 4.69) is 11.9 Å². The van der Waals surface area contributed by atoms with Crippen molar-refractivity contribution < 1.29 is 0 Å². The van der Waals surface area contributed by atoms with Gasteiger partial charge in [0.2, 0.25) is 0 Å². The molecule has 0 unspecified atom stereocenters. The summed E-state index contributed by atoms with van der Waals surface area (Å²) in [6, 6.07) is 7.97. The maximum Gasteiger partial charge on any atom is 0.348 e. The standard InChI is InChI=1S/C14H18N2O/c1-3-4-5-9-12-11-8-6-7-10-13(11)16(2)14(17)15-12/h6-8,10H,3-5,9H2,1-2H3. The molecule has 1 aromatic heterocycles. The molecule has 0 saturated heterocycles. The fraction of sp³-hybridized carbons (Fsp3) is 0.429. The van der Waals surface area contributed by atoms with Crippen molar-refractivity contribution in [2.24, 2.45) is 7.05 Å². The summed E-state index contributed by atoms with van der Waals surface area (Å²) in [6.07, 6.45) is 4.36. The minimum absolute atomic E-state index is 0.157. The maximum absolute atomic E-state index is 11.7. The number of para-hydroxylation sites is 1. The Balaban J connectivity index is 2.48. The van der Waals surface area contributed by atoms with Crippen LogP contribution >= 0.6 is 0 Å². The van der Waals surface area contributed by atoms with Crippen LogP contribution < -0.4 is 5.69 Å². The molecule has 2 aromatic rings. The van der Waals surface area contributed by atoms with Gasteiger partial charge in [0, 0.05) is 12.4 Å². The van der Waals surface area contributed by atoms with Crippen molar-refractivity contribution in [2.45, 2.75) is 32.6 Å². The third kappa shape index (κ3) is 2.38. The fourth-order valence-electron chi connectivity index (χ4n) is 2.10. The Kier molecular flexibility index (Phi) is 3.57. The van der Waals surface area contributed by atoms with Crippen molar-refractivity contribution in [2.75, 3.05) is 0 Å². The molecule has 0 bridgehead atoms. The molecule has 1 heterocycles. The van der Waals surface area contributed by atoms with Crippen LogP contribution in [-0.4, -0.2) is 9.55 Å². The molecule has 1 aromatic carbocycles. The first-order chi connectivity index (χ1) is 8.24. The molecular weight excluding hydrogens is 212 g/mol. The van der Waals surface area contributed by atoms with Crippen LogP contribution in [0.15, 0.2) is 29.1 Å². The van der Waals surface area contributed by atoms with Crippen molar-refractivity contribution in [3.63, 3.8) is 0 Å². The van der Waals surface area contributed by atoms with Gasteiger partial charge in [-0.25, -0.2) is 4.79 Å². The van der Waals surface area contributed by atoms with E-state index < -0.39 is 0 Å². The first-order valence-corrected chi connectivity index (χ1v) is 6.18. The number of nitrogens with zero attached hydrogens (tertiary/aromatic N) is 2. The zero-order valence-electron chi connectivity index (χ0n) is 10.4. The summed E-state index contributed by atoms with van der Waals surface area (Å²) in [5, 5.41) is 1.10. The third-order valence-corrected chi connectivity index (χ3v) is 3.11. The van der Waals surface area contributed by atoms with E-state index in [0.717, 1.165) is 29.4 Å². The van der Waals surface area contributed by atoms with Gasteiger partial charge in [-0.1, -0.05) is 38.0 Å². The first-order valence-electron chi connectivity index (χ1n) is 6.18. The number of benzene rings is 1. The molecule has 0 saturated carbocycles. The van der Waals surface area contributed by atoms with E-state index in [1.807, 2.05) is 24.3 Å². The van der Waals surface area contributed by atoms with E-state index in [-0.39, 0.29) is 5.69 Å². The van der Waals surface area contributed by atoms with Crippen LogP contribution in [0.4, 0.5) is 0 Å². The molecule has 0 fully saturated rings. The average molecular weight is 230 g/mol. The lowest BCUT2D eigenvalue weighted by Crippen LogP contribution is -2.22. The molecule has 17 heavy (non-hydrogen) atoms. The van der Waals surface area contributed by atoms with Gasteiger partial charge >= 0.3 is 5.69 Å². The second kappa shape index (κ2) is 5.13. The van der Waals surface area contributed by atoms with Gasteiger partial charge in [0.1, 0.15) is 0 Å². The Labute approximate surface area is 101 Å². The Morgan fingerprint density at radius 1 is 1.24 bits per heavy atom. The monoisotopic (exact) mass is 230 g/mol. The van der Waals surface area contributed by atoms with E-state index in [4.69, 9.17) is 0 Å². The number of fused-ring (bicyclic) bond motifs is 1. The van der Waals surface area contributed by atoms with E-state index in [1.54, 1.807) is 11.6 Å². The lowest BCUT2D eigenvalue weighted by atomic mass is 10.1. The summed E-state index contributed by atoms with van der Waals surface area (Å²) in [6.45, 7) is 2.18. The average Bonchev–Trinajstić information content (AvgIpc) is 2.36. The third-order valence-electron chi connectivity index (χ3n) is 3.11. The zero-order chi connectivity index (χ0) is 12.3. The van der Waals surface area contributed by atoms with Gasteiger partial charge in [-0.2, -0.15) is 4.98 Å². The number of aromatic nitrogens is 2. The molecule has 0 amide bonds. The number of hydrogen-bond donors (Lipinski definition) is 0. The first kappa shape index (κ1) is 11.8. The quantitative estimate of drug-likeness (QED) is 0.757. The smallest absolute Gasteiger partial charge is 0.295 e. The molecule has 0 N–H and O–H groups in total. The van der Waals surface area contributed by atoms with Crippen molar-refractivity contribution in [3.05, 3.63) is 40.4 Å². The SMILES string of the molecule is CCCCCc1nc(=O)n(C)c2ccccc12. The highest BCUT2D eigenvalue weighted by Gasteiger charge is 2.06. The lowest BCUT2D eigenvalue weighted by Gasteiger charge is -2.08. The Bertz CT molecular complexity index is 572. The van der Waals surface area contributed by atoms with E-state index in [1.165, 1.54) is 12.8 Å². The van der Waals surface area contributed by atoms with Crippen LogP contribution in [0.2, 0.25) is 0 Å². The van der Waals surface area contributed by atoms with Crippen LogP contribution in [0.1, 0.15) is 31.9 Å². The summed E-state index contributed by atoms with van der Waals surface area (Å²) in [5.41, 5.74) is 1.76. The molecule has 0 radical (unpaired) electrons. The molecule has 90 valence electrons. The topological polar surface area (TPSA) is 34.9 Å². The maximum atomic E-state index is 11.7. The second-order valence-corrected chi connectivity index (χ2v) is 4.37. The van der Waals surface area contributed by atoms with Crippen molar-refractivity contribution >= 4 is 10.9 Å². The summed E-state index contributed by atoms with van der Waals surface area (Å²) < 4.78 is 1.61. The minimum Gasteiger partial charge on any atom is -0.295 e. The number of unbranched alkanes of at least 4 members (excludes halogenated alkanes) is 2. The molecule has 3 heteroatoms. The Morgan fingerprint density at radius 3 is 2.76 bits per heavy atom. The highest BCUT2D eigenvalue weighted by molar-refractivity contribution is 5.81. The van der Waals surface area contributed by atoms with Gasteiger partial charge in [0.05, 0.1) is 11.2 Å². The predicted octanol–water partition coefficient (Wildman–Crippen LogP) is 2.67. The van der Waals surface area contributed by atoms with Crippen LogP contribution in [-0.2, 0) is 13.5 Å². The largest absolute Gasteiger partial charge is 0.348 e. The second-order valence-electron chi connectivity index (χ2n) is 4.37. The summed E-state index contributed by atoms with van der Waals surface area (Å²) in [5.74, 6) is 0. The van der Waals surface area contributed by atoms with Gasteiger partial charge < -0.3 is 0 Å². The van der Waals surface area contributed by atoms with Gasteiger partial charge in [-0.05, 0) is 18.9 Å². The lowest BCUT2D eigenvalue weighted by molar-refractivity contribution is 0.702. The summed E-state index contributed by atoms with van der Waals surface area (Å²) in [4.78, 5) is 15.9. The number of hydrogen-bond acceptors (Lipinski definition) is 2. The molecule has 0 aliphatic rings. The van der Waals surface area contributed by atoms with Crippen LogP contribution in [0.5, 0.6) is 0 Å². The Hall–Kier alpha value is -1.64.